The summed E-state index contributed by atoms with van der Waals surface area (Å²) in [5, 5.41) is 0. The minimum absolute atomic E-state index is 0.0355. The van der Waals surface area contributed by atoms with Crippen LogP contribution in [0.3, 0.4) is 0 Å². The predicted molar refractivity (Wildman–Crippen MR) is 62.2 cm³/mol. The first-order valence-electron chi connectivity index (χ1n) is 5.18. The number of hydrogen-bond donors (Lipinski definition) is 1. The summed E-state index contributed by atoms with van der Waals surface area (Å²) in [6.07, 6.45) is 0.214. The molecule has 1 aromatic rings. The summed E-state index contributed by atoms with van der Waals surface area (Å²) in [7, 11) is 1.29. The molecule has 1 rings (SSSR count). The Morgan fingerprint density at radius 1 is 1.29 bits per heavy atom. The number of anilines is 1. The number of nitrogens with two attached hydrogens (primary N) is 1. The van der Waals surface area contributed by atoms with Gasteiger partial charge in [0.25, 0.3) is 0 Å². The number of nitrogen functional groups attached to an aromatic ring is 1. The van der Waals surface area contributed by atoms with Gasteiger partial charge in [0, 0.05) is 5.69 Å². The number of carbonyl (C=O) groups is 2. The average molecular weight is 237 g/mol. The van der Waals surface area contributed by atoms with Gasteiger partial charge in [-0.1, -0.05) is 12.1 Å². The molecule has 17 heavy (non-hydrogen) atoms. The van der Waals surface area contributed by atoms with Crippen LogP contribution in [0.4, 0.5) is 5.69 Å². The van der Waals surface area contributed by atoms with E-state index in [-0.39, 0.29) is 25.4 Å². The molecule has 0 fully saturated rings. The van der Waals surface area contributed by atoms with Gasteiger partial charge in [-0.25, -0.2) is 0 Å². The topological polar surface area (TPSA) is 78.6 Å². The van der Waals surface area contributed by atoms with Gasteiger partial charge in [0.1, 0.15) is 6.61 Å². The summed E-state index contributed by atoms with van der Waals surface area (Å²) < 4.78 is 9.30. The van der Waals surface area contributed by atoms with Gasteiger partial charge < -0.3 is 15.2 Å². The zero-order chi connectivity index (χ0) is 12.7. The zero-order valence-electron chi connectivity index (χ0n) is 9.64. The molecule has 0 aliphatic rings. The molecule has 0 aromatic heterocycles. The van der Waals surface area contributed by atoms with Gasteiger partial charge >= 0.3 is 11.9 Å². The van der Waals surface area contributed by atoms with Gasteiger partial charge in [-0.2, -0.15) is 0 Å². The van der Waals surface area contributed by atoms with Crippen LogP contribution in [-0.4, -0.2) is 25.7 Å². The fourth-order valence-electron chi connectivity index (χ4n) is 1.27. The van der Waals surface area contributed by atoms with Crippen LogP contribution in [0.15, 0.2) is 24.3 Å². The number of ether oxygens (including phenoxy) is 2. The molecule has 0 amide bonds. The molecule has 0 radical (unpaired) electrons. The van der Waals surface area contributed by atoms with E-state index in [9.17, 15) is 9.59 Å². The van der Waals surface area contributed by atoms with E-state index in [1.54, 1.807) is 24.3 Å². The van der Waals surface area contributed by atoms with E-state index < -0.39 is 5.97 Å². The predicted octanol–water partition coefficient (Wildman–Crippen LogP) is 0.918. The maximum Gasteiger partial charge on any atom is 0.310 e. The van der Waals surface area contributed by atoms with Gasteiger partial charge in [-0.05, 0) is 17.7 Å². The first-order chi connectivity index (χ1) is 8.11. The van der Waals surface area contributed by atoms with Crippen LogP contribution in [0.5, 0.6) is 0 Å². The summed E-state index contributed by atoms with van der Waals surface area (Å²) in [5.41, 5.74) is 6.97. The Hall–Kier alpha value is -2.04. The number of esters is 2. The van der Waals surface area contributed by atoms with E-state index >= 15 is 0 Å². The third kappa shape index (κ3) is 5.01. The number of benzene rings is 1. The minimum atomic E-state index is -0.401. The number of hydrogen-bond acceptors (Lipinski definition) is 5. The lowest BCUT2D eigenvalue weighted by Gasteiger charge is -2.04. The molecule has 0 saturated heterocycles. The summed E-state index contributed by atoms with van der Waals surface area (Å²) in [5.74, 6) is -0.791. The van der Waals surface area contributed by atoms with Crippen molar-refractivity contribution in [3.8, 4) is 0 Å². The molecule has 0 saturated carbocycles. The smallest absolute Gasteiger partial charge is 0.310 e. The lowest BCUT2D eigenvalue weighted by Crippen LogP contribution is -2.12. The molecule has 1 aromatic carbocycles. The van der Waals surface area contributed by atoms with Crippen molar-refractivity contribution in [1.29, 1.82) is 0 Å². The van der Waals surface area contributed by atoms with Gasteiger partial charge in [0.2, 0.25) is 0 Å². The van der Waals surface area contributed by atoms with Crippen molar-refractivity contribution in [2.45, 2.75) is 12.8 Å². The largest absolute Gasteiger partial charge is 0.469 e. The summed E-state index contributed by atoms with van der Waals surface area (Å²) >= 11 is 0. The molecule has 0 atom stereocenters. The van der Waals surface area contributed by atoms with E-state index in [4.69, 9.17) is 10.5 Å². The Morgan fingerprint density at radius 3 is 2.71 bits per heavy atom. The highest BCUT2D eigenvalue weighted by Gasteiger charge is 2.07. The van der Waals surface area contributed by atoms with Crippen molar-refractivity contribution in [2.75, 3.05) is 19.5 Å². The van der Waals surface area contributed by atoms with Crippen LogP contribution in [0, 0.1) is 0 Å². The normalized spacial score (nSPS) is 9.71. The Bertz CT molecular complexity index is 403. The van der Waals surface area contributed by atoms with Crippen LogP contribution >= 0.6 is 0 Å². The first kappa shape index (κ1) is 13.0. The number of rotatable bonds is 5. The summed E-state index contributed by atoms with van der Waals surface area (Å²) in [6.45, 7) is 0.0355. The van der Waals surface area contributed by atoms with Crippen LogP contribution < -0.4 is 5.73 Å². The molecule has 5 heteroatoms. The second-order valence-electron chi connectivity index (χ2n) is 3.47. The zero-order valence-corrected chi connectivity index (χ0v) is 9.64. The standard InChI is InChI=1S/C12H15NO4/c1-16-11(14)5-6-17-12(15)8-9-3-2-4-10(13)7-9/h2-4,7H,5-6,8,13H2,1H3. The Labute approximate surface area is 99.5 Å². The van der Waals surface area contributed by atoms with Crippen molar-refractivity contribution >= 4 is 17.6 Å². The van der Waals surface area contributed by atoms with E-state index in [1.807, 2.05) is 0 Å². The second-order valence-corrected chi connectivity index (χ2v) is 3.47. The Kier molecular flexibility index (Phi) is 5.00. The second kappa shape index (κ2) is 6.52. The molecular formula is C12H15NO4. The highest BCUT2D eigenvalue weighted by atomic mass is 16.5. The highest BCUT2D eigenvalue weighted by Crippen LogP contribution is 2.07. The van der Waals surface area contributed by atoms with Crippen LogP contribution in [0.1, 0.15) is 12.0 Å². The maximum absolute atomic E-state index is 11.4. The molecular weight excluding hydrogens is 222 g/mol. The van der Waals surface area contributed by atoms with E-state index in [1.165, 1.54) is 7.11 Å². The van der Waals surface area contributed by atoms with Crippen LogP contribution in [-0.2, 0) is 25.5 Å². The highest BCUT2D eigenvalue weighted by molar-refractivity contribution is 5.74. The number of methoxy groups -OCH3 is 1. The molecule has 5 nitrogen and oxygen atoms in total. The fraction of sp³-hybridized carbons (Fsp3) is 0.333. The molecule has 0 aliphatic heterocycles. The molecule has 0 aliphatic carbocycles. The van der Waals surface area contributed by atoms with Crippen molar-refractivity contribution in [3.63, 3.8) is 0 Å². The van der Waals surface area contributed by atoms with Crippen molar-refractivity contribution in [1.82, 2.24) is 0 Å². The molecule has 0 bridgehead atoms. The Morgan fingerprint density at radius 2 is 2.06 bits per heavy atom. The third-order valence-corrected chi connectivity index (χ3v) is 2.10. The SMILES string of the molecule is COC(=O)CCOC(=O)Cc1cccc(N)c1. The quantitative estimate of drug-likeness (QED) is 0.608. The van der Waals surface area contributed by atoms with Gasteiger partial charge in [-0.3, -0.25) is 9.59 Å². The van der Waals surface area contributed by atoms with Crippen LogP contribution in [0.2, 0.25) is 0 Å². The van der Waals surface area contributed by atoms with E-state index in [0.29, 0.717) is 5.69 Å². The first-order valence-corrected chi connectivity index (χ1v) is 5.18. The lowest BCUT2D eigenvalue weighted by atomic mass is 10.1. The molecule has 0 heterocycles. The number of carbonyl (C=O) groups excluding carboxylic acids is 2. The molecule has 92 valence electrons. The average Bonchev–Trinajstić information content (AvgIpc) is 2.28. The Balaban J connectivity index is 2.32. The lowest BCUT2D eigenvalue weighted by molar-refractivity contribution is -0.147. The summed E-state index contributed by atoms with van der Waals surface area (Å²) in [4.78, 5) is 22.1. The minimum Gasteiger partial charge on any atom is -0.469 e. The van der Waals surface area contributed by atoms with E-state index in [0.717, 1.165) is 5.56 Å². The fourth-order valence-corrected chi connectivity index (χ4v) is 1.27. The summed E-state index contributed by atoms with van der Waals surface area (Å²) in [6, 6.07) is 7.01. The van der Waals surface area contributed by atoms with Crippen molar-refractivity contribution in [2.24, 2.45) is 0 Å². The van der Waals surface area contributed by atoms with Crippen molar-refractivity contribution in [3.05, 3.63) is 29.8 Å². The third-order valence-electron chi connectivity index (χ3n) is 2.10. The van der Waals surface area contributed by atoms with Crippen LogP contribution in [0.25, 0.3) is 0 Å². The maximum atomic E-state index is 11.4. The van der Waals surface area contributed by atoms with Gasteiger partial charge in [0.15, 0.2) is 0 Å². The van der Waals surface area contributed by atoms with Gasteiger partial charge in [0.05, 0.1) is 20.0 Å². The molecule has 0 spiro atoms. The molecule has 0 unspecified atom stereocenters. The van der Waals surface area contributed by atoms with Gasteiger partial charge in [-0.15, -0.1) is 0 Å². The monoisotopic (exact) mass is 237 g/mol. The molecule has 2 N–H and O–H groups in total. The van der Waals surface area contributed by atoms with Crippen molar-refractivity contribution < 1.29 is 19.1 Å². The van der Waals surface area contributed by atoms with E-state index in [2.05, 4.69) is 4.74 Å².